The third kappa shape index (κ3) is 4.01. The molecule has 4 heteroatoms. The van der Waals surface area contributed by atoms with Crippen LogP contribution in [0.5, 0.6) is 0 Å². The Balaban J connectivity index is 2.17. The van der Waals surface area contributed by atoms with E-state index in [1.54, 1.807) is 12.1 Å². The van der Waals surface area contributed by atoms with E-state index in [9.17, 15) is 8.78 Å². The van der Waals surface area contributed by atoms with Gasteiger partial charge in [-0.1, -0.05) is 32.9 Å². The summed E-state index contributed by atoms with van der Waals surface area (Å²) in [6.07, 6.45) is 1.02. The van der Waals surface area contributed by atoms with Gasteiger partial charge in [0.1, 0.15) is 0 Å². The van der Waals surface area contributed by atoms with Crippen molar-refractivity contribution >= 4 is 0 Å². The molecule has 1 aromatic carbocycles. The number of nitrogens with zero attached hydrogens (tertiary/aromatic N) is 1. The average Bonchev–Trinajstić information content (AvgIpc) is 2.57. The minimum Gasteiger partial charge on any atom is -0.312 e. The van der Waals surface area contributed by atoms with E-state index in [1.165, 1.54) is 6.07 Å². The van der Waals surface area contributed by atoms with Crippen molar-refractivity contribution in [3.63, 3.8) is 0 Å². The summed E-state index contributed by atoms with van der Waals surface area (Å²) in [6, 6.07) is 5.13. The lowest BCUT2D eigenvalue weighted by atomic mass is 9.86. The Labute approximate surface area is 126 Å². The van der Waals surface area contributed by atoms with Gasteiger partial charge in [0.25, 0.3) is 0 Å². The molecule has 21 heavy (non-hydrogen) atoms. The molecule has 118 valence electrons. The fourth-order valence-corrected chi connectivity index (χ4v) is 2.82. The average molecular weight is 296 g/mol. The first-order chi connectivity index (χ1) is 9.79. The predicted octanol–water partition coefficient (Wildman–Crippen LogP) is 3.56. The summed E-state index contributed by atoms with van der Waals surface area (Å²) < 4.78 is 27.3. The third-order valence-corrected chi connectivity index (χ3v) is 4.44. The van der Waals surface area contributed by atoms with Crippen LogP contribution in [0.3, 0.4) is 0 Å². The highest BCUT2D eigenvalue weighted by atomic mass is 19.2. The number of benzene rings is 1. The van der Waals surface area contributed by atoms with Gasteiger partial charge in [0.2, 0.25) is 0 Å². The summed E-state index contributed by atoms with van der Waals surface area (Å²) in [7, 11) is 0. The van der Waals surface area contributed by atoms with Crippen molar-refractivity contribution in [2.75, 3.05) is 13.1 Å². The lowest BCUT2D eigenvalue weighted by molar-refractivity contribution is 0.155. The van der Waals surface area contributed by atoms with Gasteiger partial charge in [-0.05, 0) is 31.4 Å². The van der Waals surface area contributed by atoms with Gasteiger partial charge in [-0.15, -0.1) is 0 Å². The van der Waals surface area contributed by atoms with Crippen LogP contribution in [-0.2, 0) is 6.54 Å². The third-order valence-electron chi connectivity index (χ3n) is 4.44. The summed E-state index contributed by atoms with van der Waals surface area (Å²) in [5.74, 6) is -1.48. The van der Waals surface area contributed by atoms with Crippen LogP contribution >= 0.6 is 0 Å². The maximum Gasteiger partial charge on any atom is 0.163 e. The summed E-state index contributed by atoms with van der Waals surface area (Å²) in [5, 5.41) is 3.58. The maximum atomic E-state index is 13.9. The van der Waals surface area contributed by atoms with Gasteiger partial charge in [0, 0.05) is 30.7 Å². The SMILES string of the molecule is CC1CCNC(C(C)(C)C)CN1Cc1cccc(F)c1F. The maximum absolute atomic E-state index is 13.9. The Kier molecular flexibility index (Phi) is 4.99. The highest BCUT2D eigenvalue weighted by molar-refractivity contribution is 5.19. The van der Waals surface area contributed by atoms with E-state index >= 15 is 0 Å². The van der Waals surface area contributed by atoms with Crippen molar-refractivity contribution in [2.45, 2.75) is 52.7 Å². The molecule has 2 rings (SSSR count). The zero-order valence-electron chi connectivity index (χ0n) is 13.4. The van der Waals surface area contributed by atoms with Gasteiger partial charge in [-0.2, -0.15) is 0 Å². The first-order valence-electron chi connectivity index (χ1n) is 7.69. The first-order valence-corrected chi connectivity index (χ1v) is 7.69. The second-order valence-electron chi connectivity index (χ2n) is 7.15. The molecule has 1 N–H and O–H groups in total. The second kappa shape index (κ2) is 6.41. The van der Waals surface area contributed by atoms with Gasteiger partial charge >= 0.3 is 0 Å². The summed E-state index contributed by atoms with van der Waals surface area (Å²) in [4.78, 5) is 2.26. The normalized spacial score (nSPS) is 24.9. The fourth-order valence-electron chi connectivity index (χ4n) is 2.82. The molecule has 1 aliphatic rings. The van der Waals surface area contributed by atoms with E-state index in [0.29, 0.717) is 24.2 Å². The Bertz CT molecular complexity index is 482. The molecule has 1 saturated heterocycles. The van der Waals surface area contributed by atoms with Crippen molar-refractivity contribution in [3.8, 4) is 0 Å². The molecule has 0 aliphatic carbocycles. The molecule has 2 atom stereocenters. The highest BCUT2D eigenvalue weighted by Gasteiger charge is 2.30. The van der Waals surface area contributed by atoms with Gasteiger partial charge in [0.15, 0.2) is 11.6 Å². The standard InChI is InChI=1S/C17H26F2N2/c1-12-8-9-20-15(17(2,3)4)11-21(12)10-13-6-5-7-14(18)16(13)19/h5-7,12,15,20H,8-11H2,1-4H3. The van der Waals surface area contributed by atoms with Crippen molar-refractivity contribution in [1.29, 1.82) is 0 Å². The predicted molar refractivity (Wildman–Crippen MR) is 82.1 cm³/mol. The van der Waals surface area contributed by atoms with E-state index < -0.39 is 11.6 Å². The van der Waals surface area contributed by atoms with E-state index in [-0.39, 0.29) is 5.41 Å². The van der Waals surface area contributed by atoms with Crippen LogP contribution in [0.15, 0.2) is 18.2 Å². The molecule has 0 amide bonds. The summed E-state index contributed by atoms with van der Waals surface area (Å²) in [5.41, 5.74) is 0.583. The van der Waals surface area contributed by atoms with Crippen molar-refractivity contribution < 1.29 is 8.78 Å². The zero-order chi connectivity index (χ0) is 15.6. The number of hydrogen-bond acceptors (Lipinski definition) is 2. The van der Waals surface area contributed by atoms with Crippen LogP contribution in [0.1, 0.15) is 39.7 Å². The van der Waals surface area contributed by atoms with E-state index in [1.807, 2.05) is 0 Å². The number of rotatable bonds is 2. The van der Waals surface area contributed by atoms with E-state index in [4.69, 9.17) is 0 Å². The molecular weight excluding hydrogens is 270 g/mol. The second-order valence-corrected chi connectivity index (χ2v) is 7.15. The Morgan fingerprint density at radius 2 is 2.00 bits per heavy atom. The van der Waals surface area contributed by atoms with Gasteiger partial charge in [-0.25, -0.2) is 8.78 Å². The van der Waals surface area contributed by atoms with Crippen molar-refractivity contribution in [2.24, 2.45) is 5.41 Å². The molecule has 0 saturated carbocycles. The van der Waals surface area contributed by atoms with Crippen LogP contribution in [0, 0.1) is 17.0 Å². The van der Waals surface area contributed by atoms with Crippen LogP contribution in [-0.4, -0.2) is 30.1 Å². The minimum absolute atomic E-state index is 0.142. The quantitative estimate of drug-likeness (QED) is 0.897. The topological polar surface area (TPSA) is 15.3 Å². The molecule has 1 aliphatic heterocycles. The Morgan fingerprint density at radius 1 is 1.29 bits per heavy atom. The molecule has 0 aromatic heterocycles. The molecule has 0 bridgehead atoms. The molecule has 2 unspecified atom stereocenters. The minimum atomic E-state index is -0.763. The monoisotopic (exact) mass is 296 g/mol. The number of nitrogens with one attached hydrogen (secondary N) is 1. The van der Waals surface area contributed by atoms with Gasteiger partial charge in [0.05, 0.1) is 0 Å². The highest BCUT2D eigenvalue weighted by Crippen LogP contribution is 2.25. The molecule has 0 radical (unpaired) electrons. The molecular formula is C17H26F2N2. The summed E-state index contributed by atoms with van der Waals surface area (Å²) in [6.45, 7) is 11.1. The largest absolute Gasteiger partial charge is 0.312 e. The van der Waals surface area contributed by atoms with E-state index in [2.05, 4.69) is 37.9 Å². The Morgan fingerprint density at radius 3 is 2.67 bits per heavy atom. The van der Waals surface area contributed by atoms with Crippen molar-refractivity contribution in [1.82, 2.24) is 10.2 Å². The molecule has 1 fully saturated rings. The fraction of sp³-hybridized carbons (Fsp3) is 0.647. The van der Waals surface area contributed by atoms with Crippen LogP contribution < -0.4 is 5.32 Å². The molecule has 2 nitrogen and oxygen atoms in total. The molecule has 1 aromatic rings. The van der Waals surface area contributed by atoms with Crippen LogP contribution in [0.4, 0.5) is 8.78 Å². The van der Waals surface area contributed by atoms with Crippen LogP contribution in [0.25, 0.3) is 0 Å². The van der Waals surface area contributed by atoms with E-state index in [0.717, 1.165) is 19.5 Å². The lowest BCUT2D eigenvalue weighted by Crippen LogP contribution is -2.47. The smallest absolute Gasteiger partial charge is 0.163 e. The van der Waals surface area contributed by atoms with Crippen molar-refractivity contribution in [3.05, 3.63) is 35.4 Å². The first kappa shape index (κ1) is 16.4. The summed E-state index contributed by atoms with van der Waals surface area (Å²) >= 11 is 0. The number of halogens is 2. The molecule has 0 spiro atoms. The molecule has 1 heterocycles. The van der Waals surface area contributed by atoms with Gasteiger partial charge in [-0.3, -0.25) is 4.90 Å². The van der Waals surface area contributed by atoms with Crippen LogP contribution in [0.2, 0.25) is 0 Å². The van der Waals surface area contributed by atoms with Gasteiger partial charge < -0.3 is 5.32 Å². The lowest BCUT2D eigenvalue weighted by Gasteiger charge is -2.35. The Hall–Kier alpha value is -1.00. The zero-order valence-corrected chi connectivity index (χ0v) is 13.4. The number of hydrogen-bond donors (Lipinski definition) is 1.